The zero-order valence-corrected chi connectivity index (χ0v) is 18.7. The number of methoxy groups -OCH3 is 2. The number of amides is 1. The Hall–Kier alpha value is -3.27. The van der Waals surface area contributed by atoms with Crippen molar-refractivity contribution in [3.8, 4) is 11.5 Å². The monoisotopic (exact) mass is 457 g/mol. The van der Waals surface area contributed by atoms with Crippen molar-refractivity contribution in [2.24, 2.45) is 0 Å². The van der Waals surface area contributed by atoms with Gasteiger partial charge in [0.2, 0.25) is 11.1 Å². The minimum atomic E-state index is -0.320. The van der Waals surface area contributed by atoms with Gasteiger partial charge in [-0.3, -0.25) is 4.79 Å². The molecule has 2 aromatic carbocycles. The van der Waals surface area contributed by atoms with Crippen LogP contribution in [-0.2, 0) is 24.2 Å². The van der Waals surface area contributed by atoms with Crippen molar-refractivity contribution in [3.63, 3.8) is 0 Å². The van der Waals surface area contributed by atoms with E-state index < -0.39 is 0 Å². The Morgan fingerprint density at radius 3 is 2.59 bits per heavy atom. The van der Waals surface area contributed by atoms with Crippen molar-refractivity contribution in [2.75, 3.05) is 32.4 Å². The van der Waals surface area contributed by atoms with Gasteiger partial charge in [-0.25, -0.2) is 9.07 Å². The van der Waals surface area contributed by atoms with Gasteiger partial charge in [0.05, 0.1) is 20.0 Å². The van der Waals surface area contributed by atoms with Crippen LogP contribution in [0.3, 0.4) is 0 Å². The number of thioether (sulfide) groups is 1. The third kappa shape index (κ3) is 4.50. The second-order valence-corrected chi connectivity index (χ2v) is 8.31. The fourth-order valence-corrected chi connectivity index (χ4v) is 4.43. The lowest BCUT2D eigenvalue weighted by Crippen LogP contribution is -2.37. The van der Waals surface area contributed by atoms with Crippen LogP contribution in [0, 0.1) is 5.82 Å². The smallest absolute Gasteiger partial charge is 0.233 e. The highest BCUT2D eigenvalue weighted by atomic mass is 32.2. The molecule has 0 spiro atoms. The van der Waals surface area contributed by atoms with Crippen LogP contribution in [0.1, 0.15) is 22.5 Å². The lowest BCUT2D eigenvalue weighted by atomic mass is 9.99. The van der Waals surface area contributed by atoms with Crippen LogP contribution in [0.15, 0.2) is 41.6 Å². The fourth-order valence-electron chi connectivity index (χ4n) is 3.65. The Balaban J connectivity index is 1.39. The van der Waals surface area contributed by atoms with Crippen LogP contribution >= 0.6 is 11.8 Å². The number of aromatic nitrogens is 3. The van der Waals surface area contributed by atoms with Crippen LogP contribution in [0.4, 0.5) is 4.39 Å². The number of carbonyl (C=O) groups excluding carboxylic acids is 1. The molecular formula is C22H24FN5O3S. The van der Waals surface area contributed by atoms with E-state index in [-0.39, 0.29) is 23.9 Å². The zero-order valence-electron chi connectivity index (χ0n) is 17.9. The summed E-state index contributed by atoms with van der Waals surface area (Å²) in [5, 5.41) is 8.53. The van der Waals surface area contributed by atoms with E-state index in [4.69, 9.17) is 15.3 Å². The maximum absolute atomic E-state index is 13.9. The van der Waals surface area contributed by atoms with E-state index in [9.17, 15) is 9.18 Å². The van der Waals surface area contributed by atoms with Crippen LogP contribution in [0.5, 0.6) is 11.5 Å². The van der Waals surface area contributed by atoms with Gasteiger partial charge in [-0.15, -0.1) is 10.2 Å². The summed E-state index contributed by atoms with van der Waals surface area (Å²) < 4.78 is 26.0. The zero-order chi connectivity index (χ0) is 22.7. The Kier molecular flexibility index (Phi) is 6.50. The molecule has 1 amide bonds. The van der Waals surface area contributed by atoms with Crippen molar-refractivity contribution in [3.05, 3.63) is 64.7 Å². The number of rotatable bonds is 7. The van der Waals surface area contributed by atoms with E-state index in [0.29, 0.717) is 41.1 Å². The number of fused-ring (bicyclic) bond motifs is 1. The molecule has 2 heterocycles. The summed E-state index contributed by atoms with van der Waals surface area (Å²) in [7, 11) is 3.20. The van der Waals surface area contributed by atoms with Crippen LogP contribution in [-0.4, -0.2) is 52.2 Å². The molecule has 10 heteroatoms. The largest absolute Gasteiger partial charge is 0.493 e. The number of nitrogens with two attached hydrogens (primary N) is 1. The SMILES string of the molecule is COc1cc2c(cc1OC)CN(C(=O)CSc1nnc(Cc3ccccc3F)n1N)CC2. The Bertz CT molecular complexity index is 1140. The molecule has 0 bridgehead atoms. The maximum Gasteiger partial charge on any atom is 0.233 e. The molecule has 0 saturated carbocycles. The van der Waals surface area contributed by atoms with Gasteiger partial charge in [-0.05, 0) is 41.3 Å². The first kappa shape index (κ1) is 21.9. The molecule has 4 rings (SSSR count). The van der Waals surface area contributed by atoms with Crippen LogP contribution < -0.4 is 15.3 Å². The van der Waals surface area contributed by atoms with Crippen molar-refractivity contribution in [2.45, 2.75) is 24.5 Å². The summed E-state index contributed by atoms with van der Waals surface area (Å²) in [6.07, 6.45) is 0.963. The van der Waals surface area contributed by atoms with Gasteiger partial charge >= 0.3 is 0 Å². The first-order valence-corrected chi connectivity index (χ1v) is 11.1. The number of carbonyl (C=O) groups is 1. The van der Waals surface area contributed by atoms with Gasteiger partial charge in [0.25, 0.3) is 0 Å². The number of ether oxygens (including phenoxy) is 2. The summed E-state index contributed by atoms with van der Waals surface area (Å²) >= 11 is 1.21. The molecule has 2 N–H and O–H groups in total. The average molecular weight is 458 g/mol. The summed E-state index contributed by atoms with van der Waals surface area (Å²) in [6, 6.07) is 10.4. The summed E-state index contributed by atoms with van der Waals surface area (Å²) in [6.45, 7) is 1.12. The molecule has 0 fully saturated rings. The quantitative estimate of drug-likeness (QED) is 0.430. The Labute approximate surface area is 189 Å². The summed E-state index contributed by atoms with van der Waals surface area (Å²) in [4.78, 5) is 14.6. The topological polar surface area (TPSA) is 95.5 Å². The van der Waals surface area contributed by atoms with Gasteiger partial charge in [0.15, 0.2) is 17.3 Å². The van der Waals surface area contributed by atoms with Crippen LogP contribution in [0.25, 0.3) is 0 Å². The molecule has 0 aliphatic carbocycles. The molecule has 1 aliphatic heterocycles. The number of halogens is 1. The Morgan fingerprint density at radius 1 is 1.16 bits per heavy atom. The Morgan fingerprint density at radius 2 is 1.88 bits per heavy atom. The van der Waals surface area contributed by atoms with Gasteiger partial charge in [-0.2, -0.15) is 0 Å². The lowest BCUT2D eigenvalue weighted by molar-refractivity contribution is -0.129. The average Bonchev–Trinajstić information content (AvgIpc) is 3.16. The molecule has 1 aromatic heterocycles. The second-order valence-electron chi connectivity index (χ2n) is 7.37. The van der Waals surface area contributed by atoms with Gasteiger partial charge in [0, 0.05) is 19.5 Å². The van der Waals surface area contributed by atoms with Gasteiger partial charge in [0.1, 0.15) is 5.82 Å². The van der Waals surface area contributed by atoms with E-state index in [0.717, 1.165) is 17.5 Å². The number of hydrogen-bond acceptors (Lipinski definition) is 7. The highest BCUT2D eigenvalue weighted by Gasteiger charge is 2.23. The van der Waals surface area contributed by atoms with Crippen molar-refractivity contribution < 1.29 is 18.7 Å². The number of nitrogens with zero attached hydrogens (tertiary/aromatic N) is 4. The predicted octanol–water partition coefficient (Wildman–Crippen LogP) is 2.42. The molecule has 0 unspecified atom stereocenters. The molecular weight excluding hydrogens is 433 g/mol. The van der Waals surface area contributed by atoms with E-state index in [1.165, 1.54) is 22.5 Å². The van der Waals surface area contributed by atoms with Crippen LogP contribution in [0.2, 0.25) is 0 Å². The second kappa shape index (κ2) is 9.47. The third-order valence-electron chi connectivity index (χ3n) is 5.44. The van der Waals surface area contributed by atoms with Crippen molar-refractivity contribution in [1.29, 1.82) is 0 Å². The normalized spacial score (nSPS) is 13.0. The number of nitrogen functional groups attached to an aromatic ring is 1. The molecule has 32 heavy (non-hydrogen) atoms. The van der Waals surface area contributed by atoms with E-state index in [2.05, 4.69) is 10.2 Å². The summed E-state index contributed by atoms with van der Waals surface area (Å²) in [5.41, 5.74) is 2.68. The molecule has 0 saturated heterocycles. The highest BCUT2D eigenvalue weighted by molar-refractivity contribution is 7.99. The maximum atomic E-state index is 13.9. The van der Waals surface area contributed by atoms with Gasteiger partial charge < -0.3 is 20.2 Å². The fraction of sp³-hybridized carbons (Fsp3) is 0.318. The number of hydrogen-bond donors (Lipinski definition) is 1. The van der Waals surface area contributed by atoms with E-state index in [1.54, 1.807) is 37.3 Å². The minimum Gasteiger partial charge on any atom is -0.493 e. The molecule has 8 nitrogen and oxygen atoms in total. The standard InChI is InChI=1S/C22H24FN5O3S/c1-30-18-9-14-7-8-27(12-16(14)10-19(18)31-2)21(29)13-32-22-26-25-20(28(22)24)11-15-5-3-4-6-17(15)23/h3-6,9-10H,7-8,11-13,24H2,1-2H3. The first-order valence-electron chi connectivity index (χ1n) is 10.1. The molecule has 0 atom stereocenters. The van der Waals surface area contributed by atoms with E-state index >= 15 is 0 Å². The highest BCUT2D eigenvalue weighted by Crippen LogP contribution is 2.33. The first-order chi connectivity index (χ1) is 15.5. The number of benzene rings is 2. The molecule has 168 valence electrons. The molecule has 3 aromatic rings. The minimum absolute atomic E-state index is 0.0194. The predicted molar refractivity (Wildman–Crippen MR) is 119 cm³/mol. The summed E-state index contributed by atoms with van der Waals surface area (Å²) in [5.74, 6) is 7.69. The lowest BCUT2D eigenvalue weighted by Gasteiger charge is -2.29. The van der Waals surface area contributed by atoms with Crippen molar-refractivity contribution >= 4 is 17.7 Å². The van der Waals surface area contributed by atoms with Crippen molar-refractivity contribution in [1.82, 2.24) is 19.8 Å². The molecule has 1 aliphatic rings. The van der Waals surface area contributed by atoms with Gasteiger partial charge in [-0.1, -0.05) is 30.0 Å². The third-order valence-corrected chi connectivity index (χ3v) is 6.36. The van der Waals surface area contributed by atoms with E-state index in [1.807, 2.05) is 12.1 Å². The molecule has 0 radical (unpaired) electrons.